The van der Waals surface area contributed by atoms with Crippen LogP contribution in [0.3, 0.4) is 0 Å². The third-order valence-electron chi connectivity index (χ3n) is 4.83. The molecule has 1 aliphatic rings. The van der Waals surface area contributed by atoms with E-state index < -0.39 is 0 Å². The van der Waals surface area contributed by atoms with Crippen LogP contribution in [-0.4, -0.2) is 43.1 Å². The van der Waals surface area contributed by atoms with Gasteiger partial charge in [0.15, 0.2) is 22.9 Å². The maximum Gasteiger partial charge on any atom is 0.195 e. The lowest BCUT2D eigenvalue weighted by molar-refractivity contribution is 0.472. The fraction of sp³-hybridized carbons (Fsp3) is 0.353. The van der Waals surface area contributed by atoms with E-state index in [9.17, 15) is 0 Å². The molecule has 0 N–H and O–H groups in total. The van der Waals surface area contributed by atoms with Crippen molar-refractivity contribution in [2.24, 2.45) is 0 Å². The van der Waals surface area contributed by atoms with Crippen LogP contribution in [0.4, 0.5) is 5.82 Å². The molecule has 0 radical (unpaired) electrons. The van der Waals surface area contributed by atoms with Gasteiger partial charge in [0.2, 0.25) is 0 Å². The lowest BCUT2D eigenvalue weighted by Gasteiger charge is -2.31. The molecule has 0 aromatic carbocycles. The van der Waals surface area contributed by atoms with E-state index in [1.165, 1.54) is 0 Å². The Kier molecular flexibility index (Phi) is 3.16. The molecular weight excluding hydrogens is 318 g/mol. The van der Waals surface area contributed by atoms with Gasteiger partial charge in [-0.05, 0) is 38.0 Å². The second-order valence-electron chi connectivity index (χ2n) is 6.44. The molecular formula is C17H17N7O. The summed E-state index contributed by atoms with van der Waals surface area (Å²) in [6.45, 7) is 3.73. The van der Waals surface area contributed by atoms with Crippen molar-refractivity contribution in [3.8, 4) is 0 Å². The summed E-state index contributed by atoms with van der Waals surface area (Å²) in [5.41, 5.74) is 2.57. The molecule has 0 atom stereocenters. The zero-order valence-corrected chi connectivity index (χ0v) is 13.8. The first-order valence-electron chi connectivity index (χ1n) is 8.42. The largest absolute Gasteiger partial charge is 0.460 e. The van der Waals surface area contributed by atoms with E-state index in [0.717, 1.165) is 59.9 Å². The Bertz CT molecular complexity index is 1050. The maximum atomic E-state index is 5.59. The summed E-state index contributed by atoms with van der Waals surface area (Å²) in [5.74, 6) is 2.10. The Labute approximate surface area is 143 Å². The average Bonchev–Trinajstić information content (AvgIpc) is 3.28. The molecule has 8 heteroatoms. The molecule has 0 saturated carbocycles. The monoisotopic (exact) mass is 335 g/mol. The first-order valence-corrected chi connectivity index (χ1v) is 8.42. The number of rotatable bonds is 2. The van der Waals surface area contributed by atoms with E-state index in [1.54, 1.807) is 12.5 Å². The van der Waals surface area contributed by atoms with Gasteiger partial charge in [-0.25, -0.2) is 0 Å². The normalized spacial score (nSPS) is 16.1. The first kappa shape index (κ1) is 14.3. The summed E-state index contributed by atoms with van der Waals surface area (Å²) in [6.07, 6.45) is 5.34. The zero-order chi connectivity index (χ0) is 16.8. The standard InChI is InChI=1S/C17H17N7O/c1-11-2-3-14-19-21-16(24(14)22-11)12-4-7-23(8-5-12)17-15-13(6-9-25-15)10-18-20-17/h2-3,6,9-10,12H,4-5,7-8H2,1H3. The highest BCUT2D eigenvalue weighted by atomic mass is 16.3. The van der Waals surface area contributed by atoms with Gasteiger partial charge in [-0.15, -0.1) is 15.3 Å². The molecule has 8 nitrogen and oxygen atoms in total. The highest BCUT2D eigenvalue weighted by Gasteiger charge is 2.27. The minimum Gasteiger partial charge on any atom is -0.460 e. The maximum absolute atomic E-state index is 5.59. The van der Waals surface area contributed by atoms with E-state index in [-0.39, 0.29) is 0 Å². The van der Waals surface area contributed by atoms with Crippen LogP contribution in [0.5, 0.6) is 0 Å². The summed E-state index contributed by atoms with van der Waals surface area (Å²) in [5, 5.41) is 22.6. The van der Waals surface area contributed by atoms with Crippen molar-refractivity contribution < 1.29 is 4.42 Å². The van der Waals surface area contributed by atoms with Gasteiger partial charge in [0, 0.05) is 24.4 Å². The van der Waals surface area contributed by atoms with E-state index in [0.29, 0.717) is 5.92 Å². The van der Waals surface area contributed by atoms with Crippen LogP contribution < -0.4 is 4.90 Å². The molecule has 4 aromatic rings. The second-order valence-corrected chi connectivity index (χ2v) is 6.44. The topological polar surface area (TPSA) is 85.2 Å². The van der Waals surface area contributed by atoms with E-state index in [2.05, 4.69) is 30.4 Å². The number of furan rings is 1. The van der Waals surface area contributed by atoms with E-state index in [4.69, 9.17) is 4.42 Å². The van der Waals surface area contributed by atoms with Crippen LogP contribution in [-0.2, 0) is 0 Å². The Morgan fingerprint density at radius 2 is 1.96 bits per heavy atom. The molecule has 0 aliphatic carbocycles. The van der Waals surface area contributed by atoms with E-state index in [1.807, 2.05) is 29.6 Å². The van der Waals surface area contributed by atoms with Crippen molar-refractivity contribution in [3.63, 3.8) is 0 Å². The highest BCUT2D eigenvalue weighted by Crippen LogP contribution is 2.31. The van der Waals surface area contributed by atoms with Crippen LogP contribution in [0, 0.1) is 6.92 Å². The van der Waals surface area contributed by atoms with Gasteiger partial charge >= 0.3 is 0 Å². The molecule has 0 unspecified atom stereocenters. The van der Waals surface area contributed by atoms with Crippen LogP contribution in [0.1, 0.15) is 30.3 Å². The van der Waals surface area contributed by atoms with Crippen molar-refractivity contribution in [2.75, 3.05) is 18.0 Å². The molecule has 0 spiro atoms. The molecule has 4 aromatic heterocycles. The minimum atomic E-state index is 0.337. The summed E-state index contributed by atoms with van der Waals surface area (Å²) >= 11 is 0. The van der Waals surface area contributed by atoms with Gasteiger partial charge in [-0.3, -0.25) is 0 Å². The Morgan fingerprint density at radius 3 is 2.84 bits per heavy atom. The van der Waals surface area contributed by atoms with Gasteiger partial charge < -0.3 is 9.32 Å². The number of hydrogen-bond donors (Lipinski definition) is 0. The Hall–Kier alpha value is -3.03. The average molecular weight is 335 g/mol. The smallest absolute Gasteiger partial charge is 0.195 e. The second kappa shape index (κ2) is 5.51. The minimum absolute atomic E-state index is 0.337. The molecule has 5 rings (SSSR count). The van der Waals surface area contributed by atoms with Gasteiger partial charge in [0.05, 0.1) is 18.2 Å². The van der Waals surface area contributed by atoms with Crippen molar-refractivity contribution >= 4 is 22.4 Å². The van der Waals surface area contributed by atoms with Gasteiger partial charge in [0.1, 0.15) is 0 Å². The summed E-state index contributed by atoms with van der Waals surface area (Å²) < 4.78 is 7.47. The van der Waals surface area contributed by atoms with Crippen molar-refractivity contribution in [1.29, 1.82) is 0 Å². The van der Waals surface area contributed by atoms with Crippen LogP contribution in [0.25, 0.3) is 16.6 Å². The quantitative estimate of drug-likeness (QED) is 0.556. The first-order chi connectivity index (χ1) is 12.3. The number of anilines is 1. The molecule has 1 saturated heterocycles. The summed E-state index contributed by atoms with van der Waals surface area (Å²) in [6, 6.07) is 5.83. The van der Waals surface area contributed by atoms with Gasteiger partial charge in [-0.1, -0.05) is 0 Å². The number of piperidine rings is 1. The molecule has 0 bridgehead atoms. The zero-order valence-electron chi connectivity index (χ0n) is 13.8. The van der Waals surface area contributed by atoms with Crippen molar-refractivity contribution in [3.05, 3.63) is 42.2 Å². The van der Waals surface area contributed by atoms with Crippen molar-refractivity contribution in [1.82, 2.24) is 30.0 Å². The van der Waals surface area contributed by atoms with E-state index >= 15 is 0 Å². The number of fused-ring (bicyclic) bond motifs is 2. The Balaban J connectivity index is 1.41. The number of aromatic nitrogens is 6. The molecule has 126 valence electrons. The molecule has 1 aliphatic heterocycles. The SMILES string of the molecule is Cc1ccc2nnc(C3CCN(c4nncc5ccoc45)CC3)n2n1. The molecule has 25 heavy (non-hydrogen) atoms. The number of aryl methyl sites for hydroxylation is 1. The van der Waals surface area contributed by atoms with Gasteiger partial charge in [0.25, 0.3) is 0 Å². The molecule has 5 heterocycles. The Morgan fingerprint density at radius 1 is 1.08 bits per heavy atom. The fourth-order valence-corrected chi connectivity index (χ4v) is 3.50. The fourth-order valence-electron chi connectivity index (χ4n) is 3.50. The predicted molar refractivity (Wildman–Crippen MR) is 91.5 cm³/mol. The third kappa shape index (κ3) is 2.33. The lowest BCUT2D eigenvalue weighted by Crippen LogP contribution is -2.34. The van der Waals surface area contributed by atoms with Crippen molar-refractivity contribution in [2.45, 2.75) is 25.7 Å². The van der Waals surface area contributed by atoms with Crippen LogP contribution >= 0.6 is 0 Å². The third-order valence-corrected chi connectivity index (χ3v) is 4.83. The van der Waals surface area contributed by atoms with Crippen LogP contribution in [0.15, 0.2) is 35.1 Å². The summed E-state index contributed by atoms with van der Waals surface area (Å²) in [4.78, 5) is 2.23. The highest BCUT2D eigenvalue weighted by molar-refractivity contribution is 5.86. The summed E-state index contributed by atoms with van der Waals surface area (Å²) in [7, 11) is 0. The predicted octanol–water partition coefficient (Wildman–Crippen LogP) is 2.35. The molecule has 1 fully saturated rings. The molecule has 0 amide bonds. The van der Waals surface area contributed by atoms with Gasteiger partial charge in [-0.2, -0.15) is 14.7 Å². The number of hydrogen-bond acceptors (Lipinski definition) is 7. The lowest BCUT2D eigenvalue weighted by atomic mass is 9.96. The number of nitrogens with zero attached hydrogens (tertiary/aromatic N) is 7. The van der Waals surface area contributed by atoms with Crippen LogP contribution in [0.2, 0.25) is 0 Å².